The lowest BCUT2D eigenvalue weighted by Crippen LogP contribution is -2.28. The first-order valence-electron chi connectivity index (χ1n) is 5.64. The molecule has 1 unspecified atom stereocenters. The van der Waals surface area contributed by atoms with Crippen LogP contribution in [0.25, 0.3) is 0 Å². The van der Waals surface area contributed by atoms with Gasteiger partial charge in [0, 0.05) is 24.2 Å². The second-order valence-corrected chi connectivity index (χ2v) is 4.73. The van der Waals surface area contributed by atoms with Crippen molar-refractivity contribution < 1.29 is 9.90 Å². The lowest BCUT2D eigenvalue weighted by Gasteiger charge is -2.24. The minimum absolute atomic E-state index is 0.385. The lowest BCUT2D eigenvalue weighted by atomic mass is 10.0. The van der Waals surface area contributed by atoms with Gasteiger partial charge in [0.2, 0.25) is 0 Å². The van der Waals surface area contributed by atoms with Gasteiger partial charge in [-0.15, -0.1) is 0 Å². The van der Waals surface area contributed by atoms with Gasteiger partial charge in [0.05, 0.1) is 5.56 Å². The fourth-order valence-corrected chi connectivity index (χ4v) is 2.32. The fraction of sp³-hybridized carbons (Fsp3) is 0.462. The van der Waals surface area contributed by atoms with Gasteiger partial charge in [0.15, 0.2) is 0 Å². The van der Waals surface area contributed by atoms with E-state index in [2.05, 4.69) is 25.7 Å². The first-order chi connectivity index (χ1) is 7.50. The normalized spacial score (nSPS) is 19.0. The van der Waals surface area contributed by atoms with Crippen molar-refractivity contribution in [3.8, 4) is 0 Å². The largest absolute Gasteiger partial charge is 0.478 e. The van der Waals surface area contributed by atoms with Crippen LogP contribution in [0.5, 0.6) is 0 Å². The maximum atomic E-state index is 10.9. The zero-order valence-corrected chi connectivity index (χ0v) is 9.90. The maximum absolute atomic E-state index is 10.9. The highest BCUT2D eigenvalue weighted by atomic mass is 16.4. The summed E-state index contributed by atoms with van der Waals surface area (Å²) in [4.78, 5) is 13.2. The van der Waals surface area contributed by atoms with Gasteiger partial charge < -0.3 is 10.0 Å². The van der Waals surface area contributed by atoms with Crippen LogP contribution in [0.15, 0.2) is 18.2 Å². The zero-order chi connectivity index (χ0) is 11.9. The molecule has 0 spiro atoms. The van der Waals surface area contributed by atoms with E-state index < -0.39 is 5.97 Å². The Balaban J connectivity index is 2.45. The number of hydrogen-bond acceptors (Lipinski definition) is 2. The summed E-state index contributed by atoms with van der Waals surface area (Å²) in [7, 11) is 0. The molecule has 0 aliphatic carbocycles. The van der Waals surface area contributed by atoms with Crippen LogP contribution in [0.1, 0.15) is 42.6 Å². The molecule has 3 nitrogen and oxygen atoms in total. The van der Waals surface area contributed by atoms with E-state index in [0.29, 0.717) is 17.5 Å². The van der Waals surface area contributed by atoms with Crippen molar-refractivity contribution in [2.24, 2.45) is 0 Å². The van der Waals surface area contributed by atoms with Crippen molar-refractivity contribution in [1.82, 2.24) is 0 Å². The predicted octanol–water partition coefficient (Wildman–Crippen LogP) is 2.72. The highest BCUT2D eigenvalue weighted by molar-refractivity contribution is 5.89. The number of benzene rings is 1. The lowest BCUT2D eigenvalue weighted by molar-refractivity contribution is 0.0697. The molecule has 3 heteroatoms. The van der Waals surface area contributed by atoms with E-state index in [1.54, 1.807) is 6.07 Å². The molecule has 0 saturated heterocycles. The standard InChI is InChI=1S/C13H17NO2/c1-8(2)14-7-9(3)11-6-10(13(15)16)4-5-12(11)14/h4-6,8-9H,7H2,1-3H3,(H,15,16). The van der Waals surface area contributed by atoms with Gasteiger partial charge in [-0.1, -0.05) is 6.92 Å². The Labute approximate surface area is 95.7 Å². The maximum Gasteiger partial charge on any atom is 0.335 e. The van der Waals surface area contributed by atoms with Crippen LogP contribution in [-0.4, -0.2) is 23.7 Å². The van der Waals surface area contributed by atoms with Crippen molar-refractivity contribution in [2.75, 3.05) is 11.4 Å². The summed E-state index contributed by atoms with van der Waals surface area (Å²) in [5.74, 6) is -0.435. The summed E-state index contributed by atoms with van der Waals surface area (Å²) in [6.45, 7) is 7.45. The molecule has 1 heterocycles. The average molecular weight is 219 g/mol. The molecule has 0 fully saturated rings. The second kappa shape index (κ2) is 3.81. The molecule has 2 rings (SSSR count). The number of aromatic carboxylic acids is 1. The Kier molecular flexibility index (Phi) is 2.62. The summed E-state index contributed by atoms with van der Waals surface area (Å²) in [5.41, 5.74) is 2.73. The van der Waals surface area contributed by atoms with Gasteiger partial charge in [-0.05, 0) is 37.6 Å². The van der Waals surface area contributed by atoms with Gasteiger partial charge in [-0.25, -0.2) is 4.79 Å². The van der Waals surface area contributed by atoms with Crippen LogP contribution in [0.4, 0.5) is 5.69 Å². The van der Waals surface area contributed by atoms with Crippen LogP contribution in [0, 0.1) is 0 Å². The SMILES string of the molecule is CC1CN(C(C)C)c2ccc(C(=O)O)cc21. The Hall–Kier alpha value is -1.51. The summed E-state index contributed by atoms with van der Waals surface area (Å²) in [6.07, 6.45) is 0. The second-order valence-electron chi connectivity index (χ2n) is 4.73. The van der Waals surface area contributed by atoms with Crippen LogP contribution in [0.3, 0.4) is 0 Å². The average Bonchev–Trinajstić information content (AvgIpc) is 2.56. The molecular formula is C13H17NO2. The third-order valence-electron chi connectivity index (χ3n) is 3.21. The molecule has 0 aromatic heterocycles. The molecule has 0 saturated carbocycles. The van der Waals surface area contributed by atoms with Crippen molar-refractivity contribution >= 4 is 11.7 Å². The third-order valence-corrected chi connectivity index (χ3v) is 3.21. The number of carboxylic acid groups (broad SMARTS) is 1. The van der Waals surface area contributed by atoms with Gasteiger partial charge >= 0.3 is 5.97 Å². The highest BCUT2D eigenvalue weighted by Crippen LogP contribution is 2.37. The molecular weight excluding hydrogens is 202 g/mol. The Morgan fingerprint density at radius 3 is 2.75 bits per heavy atom. The molecule has 1 N–H and O–H groups in total. The number of carbonyl (C=O) groups is 1. The number of nitrogens with zero attached hydrogens (tertiary/aromatic N) is 1. The molecule has 1 atom stereocenters. The third kappa shape index (κ3) is 1.66. The van der Waals surface area contributed by atoms with E-state index in [9.17, 15) is 4.79 Å². The predicted molar refractivity (Wildman–Crippen MR) is 64.3 cm³/mol. The number of carboxylic acids is 1. The molecule has 0 bridgehead atoms. The molecule has 16 heavy (non-hydrogen) atoms. The summed E-state index contributed by atoms with van der Waals surface area (Å²) in [6, 6.07) is 5.89. The first kappa shape index (κ1) is 11.0. The molecule has 0 radical (unpaired) electrons. The van der Waals surface area contributed by atoms with E-state index in [-0.39, 0.29) is 0 Å². The Bertz CT molecular complexity index is 426. The summed E-state index contributed by atoms with van der Waals surface area (Å²) < 4.78 is 0. The molecule has 1 aromatic carbocycles. The van der Waals surface area contributed by atoms with E-state index in [1.165, 1.54) is 5.69 Å². The van der Waals surface area contributed by atoms with Crippen molar-refractivity contribution in [3.63, 3.8) is 0 Å². The van der Waals surface area contributed by atoms with E-state index >= 15 is 0 Å². The summed E-state index contributed by atoms with van der Waals surface area (Å²) >= 11 is 0. The number of anilines is 1. The van der Waals surface area contributed by atoms with Gasteiger partial charge in [-0.3, -0.25) is 0 Å². The smallest absolute Gasteiger partial charge is 0.335 e. The monoisotopic (exact) mass is 219 g/mol. The van der Waals surface area contributed by atoms with Crippen LogP contribution in [0.2, 0.25) is 0 Å². The van der Waals surface area contributed by atoms with Crippen LogP contribution in [-0.2, 0) is 0 Å². The topological polar surface area (TPSA) is 40.5 Å². The van der Waals surface area contributed by atoms with Gasteiger partial charge in [0.1, 0.15) is 0 Å². The number of fused-ring (bicyclic) bond motifs is 1. The van der Waals surface area contributed by atoms with E-state index in [4.69, 9.17) is 5.11 Å². The Morgan fingerprint density at radius 1 is 1.50 bits per heavy atom. The highest BCUT2D eigenvalue weighted by Gasteiger charge is 2.27. The van der Waals surface area contributed by atoms with E-state index in [0.717, 1.165) is 12.1 Å². The molecule has 0 amide bonds. The molecule has 1 aliphatic rings. The van der Waals surface area contributed by atoms with Gasteiger partial charge in [-0.2, -0.15) is 0 Å². The zero-order valence-electron chi connectivity index (χ0n) is 9.90. The first-order valence-corrected chi connectivity index (χ1v) is 5.64. The summed E-state index contributed by atoms with van der Waals surface area (Å²) in [5, 5.41) is 8.96. The number of hydrogen-bond donors (Lipinski definition) is 1. The fourth-order valence-electron chi connectivity index (χ4n) is 2.32. The van der Waals surface area contributed by atoms with E-state index in [1.807, 2.05) is 12.1 Å². The van der Waals surface area contributed by atoms with Gasteiger partial charge in [0.25, 0.3) is 0 Å². The van der Waals surface area contributed by atoms with Crippen LogP contribution >= 0.6 is 0 Å². The quantitative estimate of drug-likeness (QED) is 0.831. The van der Waals surface area contributed by atoms with Crippen molar-refractivity contribution in [3.05, 3.63) is 29.3 Å². The number of rotatable bonds is 2. The van der Waals surface area contributed by atoms with Crippen LogP contribution < -0.4 is 4.90 Å². The Morgan fingerprint density at radius 2 is 2.19 bits per heavy atom. The minimum atomic E-state index is -0.849. The van der Waals surface area contributed by atoms with Crippen molar-refractivity contribution in [2.45, 2.75) is 32.7 Å². The molecule has 1 aliphatic heterocycles. The molecule has 86 valence electrons. The van der Waals surface area contributed by atoms with Crippen molar-refractivity contribution in [1.29, 1.82) is 0 Å². The molecule has 1 aromatic rings. The minimum Gasteiger partial charge on any atom is -0.478 e.